The first-order valence-corrected chi connectivity index (χ1v) is 5.05. The van der Waals surface area contributed by atoms with Crippen molar-refractivity contribution in [2.45, 2.75) is 38.4 Å². The number of hydrogen-bond donors (Lipinski definition) is 2. The Morgan fingerprint density at radius 1 is 1.64 bits per heavy atom. The second kappa shape index (κ2) is 5.08. The molecule has 1 aliphatic heterocycles. The van der Waals surface area contributed by atoms with Gasteiger partial charge in [-0.15, -0.1) is 0 Å². The van der Waals surface area contributed by atoms with Crippen molar-refractivity contribution in [3.05, 3.63) is 12.3 Å². The van der Waals surface area contributed by atoms with Crippen molar-refractivity contribution in [1.82, 2.24) is 5.32 Å². The summed E-state index contributed by atoms with van der Waals surface area (Å²) in [5.41, 5.74) is 0.975. The zero-order chi connectivity index (χ0) is 10.6. The van der Waals surface area contributed by atoms with Crippen molar-refractivity contribution in [2.75, 3.05) is 0 Å². The predicted molar refractivity (Wildman–Crippen MR) is 57.3 cm³/mol. The molecule has 1 radical (unpaired) electrons. The minimum atomic E-state index is -0.685. The molecule has 0 aromatic carbocycles. The number of allylic oxidation sites excluding steroid dienone is 1. The lowest BCUT2D eigenvalue weighted by molar-refractivity contribution is -0.138. The van der Waals surface area contributed by atoms with Gasteiger partial charge in [-0.1, -0.05) is 12.9 Å². The third kappa shape index (κ3) is 3.86. The van der Waals surface area contributed by atoms with E-state index < -0.39 is 5.97 Å². The van der Waals surface area contributed by atoms with Crippen LogP contribution in [0.15, 0.2) is 12.3 Å². The van der Waals surface area contributed by atoms with Crippen LogP contribution in [-0.4, -0.2) is 24.3 Å². The molecular weight excluding hydrogens is 177 g/mol. The monoisotopic (exact) mass is 194 g/mol. The fourth-order valence-corrected chi connectivity index (χ4v) is 1.89. The maximum Gasteiger partial charge on any atom is 0.303 e. The molecule has 2 unspecified atom stereocenters. The van der Waals surface area contributed by atoms with Gasteiger partial charge in [0.2, 0.25) is 0 Å². The van der Waals surface area contributed by atoms with Crippen LogP contribution >= 0.6 is 0 Å². The van der Waals surface area contributed by atoms with Crippen LogP contribution in [0.3, 0.4) is 0 Å². The van der Waals surface area contributed by atoms with E-state index in [1.165, 1.54) is 0 Å². The fourth-order valence-electron chi connectivity index (χ4n) is 1.89. The van der Waals surface area contributed by atoms with Gasteiger partial charge in [0.25, 0.3) is 0 Å². The Kier molecular flexibility index (Phi) is 4.05. The Hall–Kier alpha value is -0.925. The minimum Gasteiger partial charge on any atom is -0.481 e. The summed E-state index contributed by atoms with van der Waals surface area (Å²) in [5, 5.41) is 11.9. The number of carboxylic acid groups (broad SMARTS) is 1. The van der Waals surface area contributed by atoms with E-state index in [1.807, 2.05) is 6.92 Å². The van der Waals surface area contributed by atoms with Gasteiger partial charge in [-0.2, -0.15) is 0 Å². The summed E-state index contributed by atoms with van der Waals surface area (Å²) in [4.78, 5) is 10.5. The molecule has 1 rings (SSSR count). The SMILES string of the molecule is C=C(C)NC1[B]CC(CC(=O)O)CC1. The van der Waals surface area contributed by atoms with Gasteiger partial charge in [-0.25, -0.2) is 0 Å². The Morgan fingerprint density at radius 2 is 2.36 bits per heavy atom. The van der Waals surface area contributed by atoms with Crippen LogP contribution in [0.2, 0.25) is 6.32 Å². The molecule has 3 nitrogen and oxygen atoms in total. The van der Waals surface area contributed by atoms with Crippen LogP contribution < -0.4 is 5.32 Å². The van der Waals surface area contributed by atoms with Gasteiger partial charge >= 0.3 is 5.97 Å². The van der Waals surface area contributed by atoms with E-state index in [2.05, 4.69) is 19.2 Å². The quantitative estimate of drug-likeness (QED) is 0.665. The standard InChI is InChI=1S/C10H17BNO2/c1-7(2)12-9-4-3-8(6-11-9)5-10(13)14/h8-9,12H,1,3-6H2,2H3,(H,13,14). The Morgan fingerprint density at radius 3 is 2.79 bits per heavy atom. The zero-order valence-corrected chi connectivity index (χ0v) is 8.62. The molecule has 14 heavy (non-hydrogen) atoms. The van der Waals surface area contributed by atoms with Gasteiger partial charge in [0, 0.05) is 6.42 Å². The molecule has 1 saturated heterocycles. The van der Waals surface area contributed by atoms with E-state index in [0.29, 0.717) is 18.3 Å². The highest BCUT2D eigenvalue weighted by Gasteiger charge is 2.23. The van der Waals surface area contributed by atoms with Gasteiger partial charge in [0.1, 0.15) is 7.28 Å². The topological polar surface area (TPSA) is 49.3 Å². The molecule has 4 heteroatoms. The van der Waals surface area contributed by atoms with Gasteiger partial charge in [-0.05, 0) is 37.3 Å². The van der Waals surface area contributed by atoms with Gasteiger partial charge < -0.3 is 10.4 Å². The minimum absolute atomic E-state index is 0.302. The lowest BCUT2D eigenvalue weighted by Gasteiger charge is -2.28. The van der Waals surface area contributed by atoms with Crippen LogP contribution in [-0.2, 0) is 4.79 Å². The number of hydrogen-bond acceptors (Lipinski definition) is 2. The van der Waals surface area contributed by atoms with Crippen molar-refractivity contribution in [2.24, 2.45) is 5.92 Å². The van der Waals surface area contributed by atoms with Crippen LogP contribution in [0.25, 0.3) is 0 Å². The van der Waals surface area contributed by atoms with Crippen molar-refractivity contribution in [3.63, 3.8) is 0 Å². The van der Waals surface area contributed by atoms with Gasteiger partial charge in [0.05, 0.1) is 0 Å². The Balaban J connectivity index is 2.24. The van der Waals surface area contributed by atoms with E-state index in [1.54, 1.807) is 0 Å². The molecule has 0 bridgehead atoms. The maximum atomic E-state index is 10.5. The Labute approximate surface area is 85.8 Å². The van der Waals surface area contributed by atoms with Gasteiger partial charge in [0.15, 0.2) is 0 Å². The number of carboxylic acids is 1. The molecule has 1 fully saturated rings. The molecule has 0 aromatic rings. The lowest BCUT2D eigenvalue weighted by Crippen LogP contribution is -2.37. The van der Waals surface area contributed by atoms with Crippen LogP contribution in [0.1, 0.15) is 26.2 Å². The molecular formula is C10H17BNO2. The third-order valence-corrected chi connectivity index (χ3v) is 2.53. The van der Waals surface area contributed by atoms with Crippen molar-refractivity contribution in [3.8, 4) is 0 Å². The summed E-state index contributed by atoms with van der Waals surface area (Å²) < 4.78 is 0. The molecule has 0 spiro atoms. The molecule has 2 N–H and O–H groups in total. The number of rotatable bonds is 4. The fraction of sp³-hybridized carbons (Fsp3) is 0.700. The van der Waals surface area contributed by atoms with Crippen molar-refractivity contribution < 1.29 is 9.90 Å². The van der Waals surface area contributed by atoms with E-state index in [0.717, 1.165) is 24.9 Å². The second-order valence-corrected chi connectivity index (χ2v) is 4.04. The molecule has 1 heterocycles. The van der Waals surface area contributed by atoms with Gasteiger partial charge in [-0.3, -0.25) is 4.79 Å². The van der Waals surface area contributed by atoms with E-state index in [-0.39, 0.29) is 0 Å². The normalized spacial score (nSPS) is 26.4. The first-order chi connectivity index (χ1) is 6.58. The smallest absolute Gasteiger partial charge is 0.303 e. The zero-order valence-electron chi connectivity index (χ0n) is 8.62. The summed E-state index contributed by atoms with van der Waals surface area (Å²) in [6.07, 6.45) is 3.21. The molecule has 1 aliphatic rings. The number of nitrogens with one attached hydrogen (secondary N) is 1. The highest BCUT2D eigenvalue weighted by molar-refractivity contribution is 6.38. The molecule has 0 amide bonds. The average molecular weight is 194 g/mol. The van der Waals surface area contributed by atoms with Crippen LogP contribution in [0.5, 0.6) is 0 Å². The highest BCUT2D eigenvalue weighted by atomic mass is 16.4. The van der Waals surface area contributed by atoms with Crippen molar-refractivity contribution >= 4 is 13.2 Å². The second-order valence-electron chi connectivity index (χ2n) is 4.04. The summed E-state index contributed by atoms with van der Waals surface area (Å²) >= 11 is 0. The Bertz CT molecular complexity index is 198. The number of carbonyl (C=O) groups is 1. The first-order valence-electron chi connectivity index (χ1n) is 5.05. The number of aliphatic carboxylic acids is 1. The summed E-state index contributed by atoms with van der Waals surface area (Å²) in [6.45, 7) is 5.73. The van der Waals surface area contributed by atoms with E-state index in [4.69, 9.17) is 5.11 Å². The molecule has 2 atom stereocenters. The van der Waals surface area contributed by atoms with Crippen LogP contribution in [0.4, 0.5) is 0 Å². The van der Waals surface area contributed by atoms with Crippen molar-refractivity contribution in [1.29, 1.82) is 0 Å². The maximum absolute atomic E-state index is 10.5. The molecule has 77 valence electrons. The van der Waals surface area contributed by atoms with Crippen LogP contribution in [0, 0.1) is 5.92 Å². The summed E-state index contributed by atoms with van der Waals surface area (Å²) in [7, 11) is 2.17. The first kappa shape index (κ1) is 11.2. The largest absolute Gasteiger partial charge is 0.481 e. The molecule has 0 aliphatic carbocycles. The van der Waals surface area contributed by atoms with E-state index >= 15 is 0 Å². The average Bonchev–Trinajstić information content (AvgIpc) is 2.06. The molecule has 0 saturated carbocycles. The lowest BCUT2D eigenvalue weighted by atomic mass is 9.56. The summed E-state index contributed by atoms with van der Waals surface area (Å²) in [6, 6.07) is 0. The molecule has 0 aromatic heterocycles. The predicted octanol–water partition coefficient (Wildman–Crippen LogP) is 1.44. The third-order valence-electron chi connectivity index (χ3n) is 2.53. The van der Waals surface area contributed by atoms with E-state index in [9.17, 15) is 4.79 Å². The summed E-state index contributed by atoms with van der Waals surface area (Å²) in [5.74, 6) is 0.0305. The highest BCUT2D eigenvalue weighted by Crippen LogP contribution is 2.23.